The lowest BCUT2D eigenvalue weighted by Gasteiger charge is -2.19. The second-order valence-corrected chi connectivity index (χ2v) is 9.08. The van der Waals surface area contributed by atoms with Crippen LogP contribution in [0, 0.1) is 0 Å². The fraction of sp³-hybridized carbons (Fsp3) is 0.556. The Hall–Kier alpha value is -1.97. The number of ether oxygens (including phenoxy) is 1. The van der Waals surface area contributed by atoms with Crippen molar-refractivity contribution in [3.8, 4) is 11.5 Å². The van der Waals surface area contributed by atoms with E-state index in [4.69, 9.17) is 14.9 Å². The monoisotopic (exact) mass is 394 g/mol. The van der Waals surface area contributed by atoms with Gasteiger partial charge in [-0.05, 0) is 43.5 Å². The fourth-order valence-corrected chi connectivity index (χ4v) is 3.55. The molecule has 1 saturated carbocycles. The number of anilines is 1. The summed E-state index contributed by atoms with van der Waals surface area (Å²) in [6.45, 7) is 2.16. The van der Waals surface area contributed by atoms with E-state index in [1.165, 1.54) is 24.2 Å². The maximum absolute atomic E-state index is 12.0. The van der Waals surface area contributed by atoms with Crippen molar-refractivity contribution in [1.82, 2.24) is 10.2 Å². The maximum Gasteiger partial charge on any atom is 0.247 e. The Kier molecular flexibility index (Phi) is 5.83. The van der Waals surface area contributed by atoms with Crippen molar-refractivity contribution in [3.63, 3.8) is 0 Å². The second-order valence-electron chi connectivity index (χ2n) is 7.07. The van der Waals surface area contributed by atoms with Crippen molar-refractivity contribution in [3.05, 3.63) is 29.7 Å². The van der Waals surface area contributed by atoms with Gasteiger partial charge in [0.2, 0.25) is 21.8 Å². The first kappa shape index (κ1) is 19.8. The third-order valence-corrected chi connectivity index (χ3v) is 5.91. The summed E-state index contributed by atoms with van der Waals surface area (Å²) < 4.78 is 36.8. The van der Waals surface area contributed by atoms with Gasteiger partial charge in [-0.2, -0.15) is 0 Å². The van der Waals surface area contributed by atoms with Gasteiger partial charge in [-0.15, -0.1) is 10.2 Å². The number of rotatable bonds is 7. The highest BCUT2D eigenvalue weighted by Gasteiger charge is 2.19. The summed E-state index contributed by atoms with van der Waals surface area (Å²) in [6, 6.07) is 5.02. The Morgan fingerprint density at radius 1 is 1.30 bits per heavy atom. The lowest BCUT2D eigenvalue weighted by molar-refractivity contribution is 0.0457. The summed E-state index contributed by atoms with van der Waals surface area (Å²) in [7, 11) is -1.89. The van der Waals surface area contributed by atoms with E-state index in [9.17, 15) is 8.42 Å². The molecule has 0 spiro atoms. The lowest BCUT2D eigenvalue weighted by atomic mass is 10.1. The Labute approximate surface area is 159 Å². The molecule has 0 aliphatic heterocycles. The van der Waals surface area contributed by atoms with E-state index in [0.29, 0.717) is 29.6 Å². The van der Waals surface area contributed by atoms with Crippen molar-refractivity contribution in [2.24, 2.45) is 5.73 Å². The molecule has 0 radical (unpaired) electrons. The smallest absolute Gasteiger partial charge is 0.247 e. The topological polar surface area (TPSA) is 112 Å². The molecule has 1 unspecified atom stereocenters. The van der Waals surface area contributed by atoms with Crippen LogP contribution in [0.5, 0.6) is 0 Å². The van der Waals surface area contributed by atoms with Crippen LogP contribution in [0.2, 0.25) is 0 Å². The molecule has 9 heteroatoms. The zero-order valence-electron chi connectivity index (χ0n) is 15.9. The van der Waals surface area contributed by atoms with Crippen molar-refractivity contribution >= 4 is 15.7 Å². The number of benzene rings is 1. The van der Waals surface area contributed by atoms with Gasteiger partial charge in [-0.3, -0.25) is 4.31 Å². The van der Waals surface area contributed by atoms with Gasteiger partial charge >= 0.3 is 0 Å². The molecule has 1 aromatic heterocycles. The maximum atomic E-state index is 12.0. The van der Waals surface area contributed by atoms with Gasteiger partial charge in [-0.25, -0.2) is 8.42 Å². The van der Waals surface area contributed by atoms with Crippen molar-refractivity contribution in [2.75, 3.05) is 17.6 Å². The normalized spacial score (nSPS) is 16.6. The molecule has 27 heavy (non-hydrogen) atoms. The largest absolute Gasteiger partial charge is 0.419 e. The van der Waals surface area contributed by atoms with Crippen molar-refractivity contribution in [1.29, 1.82) is 0 Å². The van der Waals surface area contributed by atoms with E-state index in [0.717, 1.165) is 24.7 Å². The van der Waals surface area contributed by atoms with Gasteiger partial charge in [0, 0.05) is 12.6 Å². The lowest BCUT2D eigenvalue weighted by Crippen LogP contribution is -2.25. The summed E-state index contributed by atoms with van der Waals surface area (Å²) in [5.74, 6) is 0.629. The molecule has 2 aromatic rings. The number of hydrogen-bond acceptors (Lipinski definition) is 7. The van der Waals surface area contributed by atoms with E-state index in [-0.39, 0.29) is 12.1 Å². The van der Waals surface area contributed by atoms with E-state index >= 15 is 0 Å². The zero-order valence-corrected chi connectivity index (χ0v) is 16.7. The highest BCUT2D eigenvalue weighted by Crippen LogP contribution is 2.29. The highest BCUT2D eigenvalue weighted by atomic mass is 32.2. The quantitative estimate of drug-likeness (QED) is 0.768. The molecule has 8 nitrogen and oxygen atoms in total. The molecule has 3 rings (SSSR count). The van der Waals surface area contributed by atoms with Crippen LogP contribution >= 0.6 is 0 Å². The first-order chi connectivity index (χ1) is 12.7. The summed E-state index contributed by atoms with van der Waals surface area (Å²) in [5, 5.41) is 7.99. The van der Waals surface area contributed by atoms with E-state index in [1.807, 2.05) is 12.1 Å². The van der Waals surface area contributed by atoms with Crippen LogP contribution in [0.1, 0.15) is 50.1 Å². The second kappa shape index (κ2) is 7.95. The van der Waals surface area contributed by atoms with Gasteiger partial charge in [0.05, 0.1) is 30.7 Å². The summed E-state index contributed by atoms with van der Waals surface area (Å²) >= 11 is 0. The van der Waals surface area contributed by atoms with Gasteiger partial charge in [0.15, 0.2) is 0 Å². The van der Waals surface area contributed by atoms with E-state index in [1.54, 1.807) is 13.0 Å². The Bertz CT molecular complexity index is 889. The SMILES string of the molecule is CC(N)c1nnc(-c2cc(COC3CCCC3)cc(N(C)S(C)(=O)=O)c2)o1. The van der Waals surface area contributed by atoms with Crippen LogP contribution in [0.4, 0.5) is 5.69 Å². The molecule has 1 aromatic carbocycles. The predicted octanol–water partition coefficient (Wildman–Crippen LogP) is 2.61. The van der Waals surface area contributed by atoms with Gasteiger partial charge < -0.3 is 14.9 Å². The first-order valence-corrected chi connectivity index (χ1v) is 10.9. The molecule has 148 valence electrons. The molecule has 1 heterocycles. The average Bonchev–Trinajstić information content (AvgIpc) is 3.30. The molecular formula is C18H26N4O4S. The molecule has 0 saturated heterocycles. The minimum Gasteiger partial charge on any atom is -0.419 e. The van der Waals surface area contributed by atoms with Crippen LogP contribution in [0.3, 0.4) is 0 Å². The molecule has 0 amide bonds. The molecule has 1 fully saturated rings. The van der Waals surface area contributed by atoms with Crippen molar-refractivity contribution in [2.45, 2.75) is 51.4 Å². The summed E-state index contributed by atoms with van der Waals surface area (Å²) in [6.07, 6.45) is 5.94. The number of aromatic nitrogens is 2. The number of sulfonamides is 1. The van der Waals surface area contributed by atoms with Gasteiger partial charge in [0.1, 0.15) is 0 Å². The highest BCUT2D eigenvalue weighted by molar-refractivity contribution is 7.92. The van der Waals surface area contributed by atoms with Gasteiger partial charge in [-0.1, -0.05) is 12.8 Å². The van der Waals surface area contributed by atoms with Gasteiger partial charge in [0.25, 0.3) is 0 Å². The molecule has 1 aliphatic rings. The first-order valence-electron chi connectivity index (χ1n) is 9.03. The Morgan fingerprint density at radius 3 is 2.59 bits per heavy atom. The van der Waals surface area contributed by atoms with Crippen molar-refractivity contribution < 1.29 is 17.6 Å². The Balaban J connectivity index is 1.93. The number of nitrogens with zero attached hydrogens (tertiary/aromatic N) is 3. The van der Waals surface area contributed by atoms with E-state index < -0.39 is 10.0 Å². The zero-order chi connectivity index (χ0) is 19.6. The van der Waals surface area contributed by atoms with Crippen LogP contribution in [0.15, 0.2) is 22.6 Å². The standard InChI is InChI=1S/C18H26N4O4S/c1-12(19)17-20-21-18(26-17)14-8-13(11-25-16-6-4-5-7-16)9-15(10-14)22(2)27(3,23)24/h8-10,12,16H,4-7,11,19H2,1-3H3. The molecule has 1 aliphatic carbocycles. The third-order valence-electron chi connectivity index (χ3n) is 4.70. The van der Waals surface area contributed by atoms with E-state index in [2.05, 4.69) is 10.2 Å². The fourth-order valence-electron chi connectivity index (χ4n) is 3.06. The number of hydrogen-bond donors (Lipinski definition) is 1. The summed E-state index contributed by atoms with van der Waals surface area (Å²) in [5.41, 5.74) is 7.78. The minimum absolute atomic E-state index is 0.262. The van der Waals surface area contributed by atoms with Crippen LogP contribution < -0.4 is 10.0 Å². The molecular weight excluding hydrogens is 368 g/mol. The predicted molar refractivity (Wildman–Crippen MR) is 103 cm³/mol. The Morgan fingerprint density at radius 2 is 2.00 bits per heavy atom. The molecule has 0 bridgehead atoms. The number of nitrogens with two attached hydrogens (primary N) is 1. The average molecular weight is 394 g/mol. The minimum atomic E-state index is -3.40. The van der Waals surface area contributed by atoms with Crippen LogP contribution in [-0.4, -0.2) is 38.0 Å². The van der Waals surface area contributed by atoms with Crippen LogP contribution in [-0.2, 0) is 21.4 Å². The summed E-state index contributed by atoms with van der Waals surface area (Å²) in [4.78, 5) is 0. The third kappa shape index (κ3) is 4.85. The van der Waals surface area contributed by atoms with Crippen LogP contribution in [0.25, 0.3) is 11.5 Å². The molecule has 1 atom stereocenters. The molecule has 2 N–H and O–H groups in total.